The molecule has 1 N–H and O–H groups in total. The highest BCUT2D eigenvalue weighted by molar-refractivity contribution is 6.30. The van der Waals surface area contributed by atoms with Crippen molar-refractivity contribution in [1.82, 2.24) is 25.3 Å². The standard InChI is InChI=1S/C16H17ClN6/c17-13-6-4-11(5-7-13)12-2-1-3-14(10-12)18-15-8-9-16-19-21-22-23(16)20-15/h4-9,12,14H,1-3,10H2,(H,18,20). The summed E-state index contributed by atoms with van der Waals surface area (Å²) in [5.41, 5.74) is 2.02. The van der Waals surface area contributed by atoms with E-state index in [1.807, 2.05) is 24.3 Å². The van der Waals surface area contributed by atoms with Gasteiger partial charge in [-0.05, 0) is 65.4 Å². The summed E-state index contributed by atoms with van der Waals surface area (Å²) < 4.78 is 1.45. The Morgan fingerprint density at radius 1 is 1.09 bits per heavy atom. The van der Waals surface area contributed by atoms with Crippen LogP contribution in [0.5, 0.6) is 0 Å². The lowest BCUT2D eigenvalue weighted by Crippen LogP contribution is -2.27. The molecule has 0 spiro atoms. The van der Waals surface area contributed by atoms with Crippen LogP contribution in [0.25, 0.3) is 5.65 Å². The predicted molar refractivity (Wildman–Crippen MR) is 88.6 cm³/mol. The average molecular weight is 329 g/mol. The van der Waals surface area contributed by atoms with Crippen LogP contribution in [0.4, 0.5) is 5.82 Å². The summed E-state index contributed by atoms with van der Waals surface area (Å²) in [7, 11) is 0. The van der Waals surface area contributed by atoms with Gasteiger partial charge in [-0.2, -0.15) is 0 Å². The van der Waals surface area contributed by atoms with E-state index in [4.69, 9.17) is 11.6 Å². The number of hydrogen-bond donors (Lipinski definition) is 1. The number of halogens is 1. The van der Waals surface area contributed by atoms with Crippen molar-refractivity contribution in [2.45, 2.75) is 37.6 Å². The molecule has 1 aliphatic rings. The molecule has 0 aliphatic heterocycles. The Balaban J connectivity index is 1.47. The van der Waals surface area contributed by atoms with Gasteiger partial charge in [0.1, 0.15) is 5.82 Å². The quantitative estimate of drug-likeness (QED) is 0.799. The molecule has 1 fully saturated rings. The summed E-state index contributed by atoms with van der Waals surface area (Å²) in [5, 5.41) is 20.0. The molecule has 0 saturated heterocycles. The summed E-state index contributed by atoms with van der Waals surface area (Å²) in [6, 6.07) is 12.4. The number of fused-ring (bicyclic) bond motifs is 1. The molecule has 1 aliphatic carbocycles. The van der Waals surface area contributed by atoms with E-state index in [0.29, 0.717) is 17.6 Å². The van der Waals surface area contributed by atoms with Crippen molar-refractivity contribution >= 4 is 23.1 Å². The van der Waals surface area contributed by atoms with E-state index < -0.39 is 0 Å². The number of anilines is 1. The van der Waals surface area contributed by atoms with E-state index in [1.54, 1.807) is 0 Å². The number of nitrogens with one attached hydrogen (secondary N) is 1. The van der Waals surface area contributed by atoms with Crippen LogP contribution < -0.4 is 5.32 Å². The SMILES string of the molecule is Clc1ccc(C2CCCC(Nc3ccc4nnnn4n3)C2)cc1. The fraction of sp³-hybridized carbons (Fsp3) is 0.375. The summed E-state index contributed by atoms with van der Waals surface area (Å²) in [4.78, 5) is 0. The first-order chi connectivity index (χ1) is 11.3. The number of tetrazole rings is 1. The van der Waals surface area contributed by atoms with Crippen LogP contribution >= 0.6 is 11.6 Å². The molecular formula is C16H17ClN6. The molecule has 2 heterocycles. The smallest absolute Gasteiger partial charge is 0.200 e. The first-order valence-corrected chi connectivity index (χ1v) is 8.23. The molecule has 2 unspecified atom stereocenters. The van der Waals surface area contributed by atoms with Crippen molar-refractivity contribution in [3.63, 3.8) is 0 Å². The molecule has 6 nitrogen and oxygen atoms in total. The Labute approximate surface area is 138 Å². The molecule has 23 heavy (non-hydrogen) atoms. The van der Waals surface area contributed by atoms with Crippen LogP contribution in [0, 0.1) is 0 Å². The van der Waals surface area contributed by atoms with Gasteiger partial charge in [0.25, 0.3) is 0 Å². The number of hydrogen-bond acceptors (Lipinski definition) is 5. The zero-order valence-electron chi connectivity index (χ0n) is 12.6. The van der Waals surface area contributed by atoms with Crippen molar-refractivity contribution in [2.24, 2.45) is 0 Å². The lowest BCUT2D eigenvalue weighted by molar-refractivity contribution is 0.409. The van der Waals surface area contributed by atoms with E-state index in [0.717, 1.165) is 23.7 Å². The molecule has 3 aromatic rings. The van der Waals surface area contributed by atoms with Gasteiger partial charge in [-0.1, -0.05) is 30.2 Å². The van der Waals surface area contributed by atoms with Crippen molar-refractivity contribution < 1.29 is 0 Å². The van der Waals surface area contributed by atoms with Crippen molar-refractivity contribution in [1.29, 1.82) is 0 Å². The molecule has 0 amide bonds. The van der Waals surface area contributed by atoms with E-state index in [1.165, 1.54) is 23.0 Å². The second-order valence-corrected chi connectivity index (χ2v) is 6.44. The van der Waals surface area contributed by atoms with Crippen LogP contribution in [-0.4, -0.2) is 31.3 Å². The van der Waals surface area contributed by atoms with E-state index in [-0.39, 0.29) is 0 Å². The largest absolute Gasteiger partial charge is 0.366 e. The van der Waals surface area contributed by atoms with Gasteiger partial charge in [-0.15, -0.1) is 14.8 Å². The number of aromatic nitrogens is 5. The third kappa shape index (κ3) is 3.12. The number of rotatable bonds is 3. The third-order valence-electron chi connectivity index (χ3n) is 4.44. The number of benzene rings is 1. The highest BCUT2D eigenvalue weighted by Crippen LogP contribution is 2.34. The molecule has 4 rings (SSSR count). The molecular weight excluding hydrogens is 312 g/mol. The molecule has 2 atom stereocenters. The van der Waals surface area contributed by atoms with Crippen LogP contribution in [-0.2, 0) is 0 Å². The lowest BCUT2D eigenvalue weighted by Gasteiger charge is -2.30. The van der Waals surface area contributed by atoms with Crippen molar-refractivity contribution in [3.8, 4) is 0 Å². The average Bonchev–Trinajstić information content (AvgIpc) is 3.03. The van der Waals surface area contributed by atoms with E-state index in [9.17, 15) is 0 Å². The number of nitrogens with zero attached hydrogens (tertiary/aromatic N) is 5. The molecule has 118 valence electrons. The Hall–Kier alpha value is -2.21. The van der Waals surface area contributed by atoms with Crippen molar-refractivity contribution in [3.05, 3.63) is 47.0 Å². The second kappa shape index (κ2) is 6.12. The van der Waals surface area contributed by atoms with Gasteiger partial charge in [0, 0.05) is 11.1 Å². The fourth-order valence-electron chi connectivity index (χ4n) is 3.29. The zero-order valence-corrected chi connectivity index (χ0v) is 13.3. The van der Waals surface area contributed by atoms with Crippen LogP contribution in [0.3, 0.4) is 0 Å². The molecule has 2 aromatic heterocycles. The molecule has 1 saturated carbocycles. The Morgan fingerprint density at radius 3 is 2.83 bits per heavy atom. The Kier molecular flexibility index (Phi) is 3.83. The summed E-state index contributed by atoms with van der Waals surface area (Å²) in [5.74, 6) is 1.38. The highest BCUT2D eigenvalue weighted by atomic mass is 35.5. The minimum absolute atomic E-state index is 0.408. The minimum atomic E-state index is 0.408. The van der Waals surface area contributed by atoms with Gasteiger partial charge in [0.2, 0.25) is 0 Å². The van der Waals surface area contributed by atoms with Gasteiger partial charge in [0.05, 0.1) is 0 Å². The fourth-order valence-corrected chi connectivity index (χ4v) is 3.42. The summed E-state index contributed by atoms with van der Waals surface area (Å²) >= 11 is 5.99. The normalized spacial score (nSPS) is 21.4. The highest BCUT2D eigenvalue weighted by Gasteiger charge is 2.23. The van der Waals surface area contributed by atoms with Crippen molar-refractivity contribution in [2.75, 3.05) is 5.32 Å². The van der Waals surface area contributed by atoms with Gasteiger partial charge >= 0.3 is 0 Å². The van der Waals surface area contributed by atoms with Gasteiger partial charge < -0.3 is 5.32 Å². The first-order valence-electron chi connectivity index (χ1n) is 7.85. The molecule has 1 aromatic carbocycles. The lowest BCUT2D eigenvalue weighted by atomic mass is 9.81. The van der Waals surface area contributed by atoms with Gasteiger partial charge in [-0.25, -0.2) is 0 Å². The maximum Gasteiger partial charge on any atom is 0.200 e. The maximum absolute atomic E-state index is 5.99. The van der Waals surface area contributed by atoms with Gasteiger partial charge in [0.15, 0.2) is 5.65 Å². The van der Waals surface area contributed by atoms with Crippen LogP contribution in [0.2, 0.25) is 5.02 Å². The summed E-state index contributed by atoms with van der Waals surface area (Å²) in [6.45, 7) is 0. The zero-order chi connectivity index (χ0) is 15.6. The Bertz CT molecular complexity index is 800. The van der Waals surface area contributed by atoms with Crippen LogP contribution in [0.1, 0.15) is 37.2 Å². The monoisotopic (exact) mass is 328 g/mol. The van der Waals surface area contributed by atoms with Crippen LogP contribution in [0.15, 0.2) is 36.4 Å². The van der Waals surface area contributed by atoms with Gasteiger partial charge in [-0.3, -0.25) is 0 Å². The predicted octanol–water partition coefficient (Wildman–Crippen LogP) is 3.31. The maximum atomic E-state index is 5.99. The minimum Gasteiger partial charge on any atom is -0.366 e. The Morgan fingerprint density at radius 2 is 1.96 bits per heavy atom. The summed E-state index contributed by atoms with van der Waals surface area (Å²) in [6.07, 6.45) is 4.67. The molecule has 7 heteroatoms. The van der Waals surface area contributed by atoms with E-state index in [2.05, 4.69) is 38.1 Å². The third-order valence-corrected chi connectivity index (χ3v) is 4.69. The van der Waals surface area contributed by atoms with E-state index >= 15 is 0 Å². The molecule has 0 radical (unpaired) electrons. The topological polar surface area (TPSA) is 68.0 Å². The molecule has 0 bridgehead atoms. The first kappa shape index (κ1) is 14.4. The second-order valence-electron chi connectivity index (χ2n) is 6.00.